The van der Waals surface area contributed by atoms with Gasteiger partial charge in [-0.05, 0) is 56.7 Å². The molecule has 1 fully saturated rings. The lowest BCUT2D eigenvalue weighted by Gasteiger charge is -2.25. The van der Waals surface area contributed by atoms with Crippen molar-refractivity contribution in [3.05, 3.63) is 41.1 Å². The van der Waals surface area contributed by atoms with Gasteiger partial charge in [-0.25, -0.2) is 0 Å². The second kappa shape index (κ2) is 7.31. The summed E-state index contributed by atoms with van der Waals surface area (Å²) in [4.78, 5) is 19.6. The lowest BCUT2D eigenvalue weighted by molar-refractivity contribution is -0.131. The Morgan fingerprint density at radius 2 is 2.12 bits per heavy atom. The number of para-hydroxylation sites is 1. The van der Waals surface area contributed by atoms with Crippen LogP contribution in [0.4, 0.5) is 0 Å². The molecule has 4 nitrogen and oxygen atoms in total. The molecule has 24 heavy (non-hydrogen) atoms. The highest BCUT2D eigenvalue weighted by atomic mass is 16.3. The Morgan fingerprint density at radius 1 is 1.33 bits per heavy atom. The summed E-state index contributed by atoms with van der Waals surface area (Å²) < 4.78 is 0. The van der Waals surface area contributed by atoms with Gasteiger partial charge in [0.25, 0.3) is 0 Å². The summed E-state index contributed by atoms with van der Waals surface area (Å²) in [5.41, 5.74) is 4.17. The van der Waals surface area contributed by atoms with E-state index in [2.05, 4.69) is 18.0 Å². The molecule has 4 heteroatoms. The van der Waals surface area contributed by atoms with E-state index < -0.39 is 0 Å². The summed E-state index contributed by atoms with van der Waals surface area (Å²) in [7, 11) is 0. The first-order chi connectivity index (χ1) is 11.6. The number of benzene rings is 1. The molecule has 1 aromatic carbocycles. The van der Waals surface area contributed by atoms with Crippen molar-refractivity contribution in [2.24, 2.45) is 0 Å². The Bertz CT molecular complexity index is 742. The summed E-state index contributed by atoms with van der Waals surface area (Å²) in [6.45, 7) is 5.13. The summed E-state index contributed by atoms with van der Waals surface area (Å²) in [6, 6.07) is 8.40. The van der Waals surface area contributed by atoms with Crippen LogP contribution in [0.5, 0.6) is 0 Å². The monoisotopic (exact) mass is 326 g/mol. The van der Waals surface area contributed by atoms with Gasteiger partial charge in [0.15, 0.2) is 0 Å². The normalized spacial score (nSPS) is 17.6. The topological polar surface area (TPSA) is 53.4 Å². The number of fused-ring (bicyclic) bond motifs is 1. The van der Waals surface area contributed by atoms with Crippen LogP contribution < -0.4 is 0 Å². The summed E-state index contributed by atoms with van der Waals surface area (Å²) >= 11 is 0. The van der Waals surface area contributed by atoms with Gasteiger partial charge in [0.2, 0.25) is 5.91 Å². The quantitative estimate of drug-likeness (QED) is 0.918. The number of carbonyl (C=O) groups is 1. The Kier molecular flexibility index (Phi) is 5.14. The third-order valence-electron chi connectivity index (χ3n) is 5.21. The molecular weight excluding hydrogens is 300 g/mol. The number of aliphatic hydroxyl groups is 1. The number of amides is 1. The Hall–Kier alpha value is -1.94. The van der Waals surface area contributed by atoms with Gasteiger partial charge in [0, 0.05) is 30.3 Å². The number of carbonyl (C=O) groups excluding carboxylic acids is 1. The highest BCUT2D eigenvalue weighted by molar-refractivity contribution is 5.86. The van der Waals surface area contributed by atoms with Crippen LogP contribution in [-0.2, 0) is 11.2 Å². The van der Waals surface area contributed by atoms with E-state index in [1.807, 2.05) is 30.0 Å². The van der Waals surface area contributed by atoms with Gasteiger partial charge in [-0.1, -0.05) is 18.2 Å². The molecule has 1 unspecified atom stereocenters. The third kappa shape index (κ3) is 3.29. The molecule has 3 rings (SSSR count). The smallest absolute Gasteiger partial charge is 0.227 e. The van der Waals surface area contributed by atoms with E-state index in [9.17, 15) is 4.79 Å². The van der Waals surface area contributed by atoms with E-state index in [0.717, 1.165) is 60.0 Å². The van der Waals surface area contributed by atoms with Gasteiger partial charge < -0.3 is 10.0 Å². The van der Waals surface area contributed by atoms with Crippen molar-refractivity contribution in [1.82, 2.24) is 9.88 Å². The molecule has 0 spiro atoms. The van der Waals surface area contributed by atoms with E-state index >= 15 is 0 Å². The first-order valence-electron chi connectivity index (χ1n) is 8.87. The lowest BCUT2D eigenvalue weighted by atomic mass is 9.98. The van der Waals surface area contributed by atoms with Crippen LogP contribution in [0.25, 0.3) is 10.9 Å². The second-order valence-electron chi connectivity index (χ2n) is 6.74. The van der Waals surface area contributed by atoms with E-state index in [1.165, 1.54) is 0 Å². The Morgan fingerprint density at radius 3 is 2.92 bits per heavy atom. The molecule has 0 bridgehead atoms. The van der Waals surface area contributed by atoms with Crippen LogP contribution in [0.3, 0.4) is 0 Å². The number of hydrogen-bond acceptors (Lipinski definition) is 3. The van der Waals surface area contributed by atoms with Gasteiger partial charge in [-0.3, -0.25) is 9.78 Å². The third-order valence-corrected chi connectivity index (χ3v) is 5.21. The number of rotatable bonds is 5. The zero-order chi connectivity index (χ0) is 17.1. The number of aliphatic hydroxyl groups excluding tert-OH is 1. The van der Waals surface area contributed by atoms with Gasteiger partial charge in [0.05, 0.1) is 11.9 Å². The highest BCUT2D eigenvalue weighted by Crippen LogP contribution is 2.26. The number of hydrogen-bond donors (Lipinski definition) is 1. The minimum Gasteiger partial charge on any atom is -0.396 e. The van der Waals surface area contributed by atoms with Crippen molar-refractivity contribution >= 4 is 16.8 Å². The summed E-state index contributed by atoms with van der Waals surface area (Å²) in [6.07, 6.45) is 4.21. The molecule has 0 saturated carbocycles. The molecule has 1 saturated heterocycles. The minimum atomic E-state index is 0.193. The molecule has 2 aromatic rings. The Labute approximate surface area is 143 Å². The predicted molar refractivity (Wildman–Crippen MR) is 96.0 cm³/mol. The van der Waals surface area contributed by atoms with Crippen molar-refractivity contribution in [2.75, 3.05) is 13.2 Å². The SMILES string of the molecule is Cc1nc2ccccc2c(C)c1CC(=O)N1CCCC1CCCO. The van der Waals surface area contributed by atoms with Crippen LogP contribution in [0, 0.1) is 13.8 Å². The van der Waals surface area contributed by atoms with Crippen LogP contribution in [0.15, 0.2) is 24.3 Å². The maximum atomic E-state index is 12.9. The van der Waals surface area contributed by atoms with Gasteiger partial charge in [-0.2, -0.15) is 0 Å². The molecule has 0 radical (unpaired) electrons. The van der Waals surface area contributed by atoms with Crippen LogP contribution in [0.1, 0.15) is 42.5 Å². The van der Waals surface area contributed by atoms with E-state index in [4.69, 9.17) is 5.11 Å². The van der Waals surface area contributed by atoms with Gasteiger partial charge in [0.1, 0.15) is 0 Å². The number of aryl methyl sites for hydroxylation is 2. The average molecular weight is 326 g/mol. The van der Waals surface area contributed by atoms with Crippen LogP contribution >= 0.6 is 0 Å². The zero-order valence-corrected chi connectivity index (χ0v) is 14.6. The summed E-state index contributed by atoms with van der Waals surface area (Å²) in [5, 5.41) is 10.2. The Balaban J connectivity index is 1.83. The number of pyridine rings is 1. The fourth-order valence-corrected chi connectivity index (χ4v) is 3.87. The van der Waals surface area contributed by atoms with Crippen LogP contribution in [0.2, 0.25) is 0 Å². The first kappa shape index (κ1) is 16.9. The lowest BCUT2D eigenvalue weighted by Crippen LogP contribution is -2.37. The van der Waals surface area contributed by atoms with E-state index in [0.29, 0.717) is 12.5 Å². The molecule has 2 heterocycles. The fraction of sp³-hybridized carbons (Fsp3) is 0.500. The molecule has 1 aliphatic rings. The molecule has 1 atom stereocenters. The average Bonchev–Trinajstić information content (AvgIpc) is 3.05. The molecule has 1 aromatic heterocycles. The minimum absolute atomic E-state index is 0.193. The van der Waals surface area contributed by atoms with Crippen molar-refractivity contribution in [2.45, 2.75) is 52.0 Å². The van der Waals surface area contributed by atoms with Gasteiger partial charge >= 0.3 is 0 Å². The van der Waals surface area contributed by atoms with Gasteiger partial charge in [-0.15, -0.1) is 0 Å². The number of nitrogens with zero attached hydrogens (tertiary/aromatic N) is 2. The van der Waals surface area contributed by atoms with Crippen LogP contribution in [-0.4, -0.2) is 40.1 Å². The maximum absolute atomic E-state index is 12.9. The van der Waals surface area contributed by atoms with Crippen molar-refractivity contribution in [3.63, 3.8) is 0 Å². The molecule has 1 N–H and O–H groups in total. The number of aromatic nitrogens is 1. The molecular formula is C20H26N2O2. The highest BCUT2D eigenvalue weighted by Gasteiger charge is 2.28. The van der Waals surface area contributed by atoms with Crippen molar-refractivity contribution in [1.29, 1.82) is 0 Å². The fourth-order valence-electron chi connectivity index (χ4n) is 3.87. The molecule has 0 aliphatic carbocycles. The molecule has 1 aliphatic heterocycles. The van der Waals surface area contributed by atoms with E-state index in [1.54, 1.807) is 0 Å². The standard InChI is InChI=1S/C20H26N2O2/c1-14-17-9-3-4-10-19(17)21-15(2)18(14)13-20(24)22-11-5-7-16(22)8-6-12-23/h3-4,9-10,16,23H,5-8,11-13H2,1-2H3. The van der Waals surface area contributed by atoms with E-state index in [-0.39, 0.29) is 12.5 Å². The largest absolute Gasteiger partial charge is 0.396 e. The van der Waals surface area contributed by atoms with Crippen molar-refractivity contribution in [3.8, 4) is 0 Å². The second-order valence-corrected chi connectivity index (χ2v) is 6.74. The molecule has 1 amide bonds. The summed E-state index contributed by atoms with van der Waals surface area (Å²) in [5.74, 6) is 0.193. The first-order valence-corrected chi connectivity index (χ1v) is 8.87. The maximum Gasteiger partial charge on any atom is 0.227 e. The number of likely N-dealkylation sites (tertiary alicyclic amines) is 1. The predicted octanol–water partition coefficient (Wildman–Crippen LogP) is 3.16. The van der Waals surface area contributed by atoms with Crippen molar-refractivity contribution < 1.29 is 9.90 Å². The zero-order valence-electron chi connectivity index (χ0n) is 14.6. The molecule has 128 valence electrons.